The maximum atomic E-state index is 12.1. The van der Waals surface area contributed by atoms with Crippen LogP contribution in [0.4, 0.5) is 4.79 Å². The highest BCUT2D eigenvalue weighted by Gasteiger charge is 2.55. The number of aliphatic hydroxyl groups excluding tert-OH is 1. The summed E-state index contributed by atoms with van der Waals surface area (Å²) >= 11 is 0. The molecular formula is C19H28N2O2. The number of carbonyl (C=O) groups is 1. The predicted octanol–water partition coefficient (Wildman–Crippen LogP) is 2.67. The normalized spacial score (nSPS) is 26.2. The standard InChI is InChI=1S/C19H28N2O2/c1-19(2,3)9-13(11-22)21-18(23)20-10-16-15-8-12-6-4-5-7-14(12)17(15)16/h4-7,13,15-17,22H,8-11H2,1-3H3,(H2,20,21,23). The van der Waals surface area contributed by atoms with Crippen LogP contribution in [0, 0.1) is 17.3 Å². The van der Waals surface area contributed by atoms with Gasteiger partial charge in [-0.05, 0) is 47.1 Å². The van der Waals surface area contributed by atoms with Crippen LogP contribution in [0.25, 0.3) is 0 Å². The van der Waals surface area contributed by atoms with E-state index in [0.717, 1.165) is 19.4 Å². The van der Waals surface area contributed by atoms with Crippen molar-refractivity contribution >= 4 is 6.03 Å². The number of amides is 2. The third-order valence-electron chi connectivity index (χ3n) is 5.11. The Labute approximate surface area is 138 Å². The zero-order valence-electron chi connectivity index (χ0n) is 14.3. The molecule has 4 nitrogen and oxygen atoms in total. The highest BCUT2D eigenvalue weighted by molar-refractivity contribution is 5.74. The van der Waals surface area contributed by atoms with Crippen molar-refractivity contribution in [2.45, 2.75) is 45.6 Å². The third-order valence-corrected chi connectivity index (χ3v) is 5.11. The first-order valence-corrected chi connectivity index (χ1v) is 8.62. The Bertz CT molecular complexity index is 579. The Kier molecular flexibility index (Phi) is 4.37. The molecule has 1 aromatic carbocycles. The van der Waals surface area contributed by atoms with Crippen molar-refractivity contribution in [3.8, 4) is 0 Å². The van der Waals surface area contributed by atoms with Crippen LogP contribution >= 0.6 is 0 Å². The second kappa shape index (κ2) is 6.16. The number of carbonyl (C=O) groups excluding carboxylic acids is 1. The van der Waals surface area contributed by atoms with Crippen molar-refractivity contribution in [1.29, 1.82) is 0 Å². The second-order valence-electron chi connectivity index (χ2n) is 8.26. The molecule has 23 heavy (non-hydrogen) atoms. The first-order chi connectivity index (χ1) is 10.9. The lowest BCUT2D eigenvalue weighted by molar-refractivity contribution is 0.190. The van der Waals surface area contributed by atoms with Gasteiger partial charge < -0.3 is 15.7 Å². The first kappa shape index (κ1) is 16.3. The van der Waals surface area contributed by atoms with Gasteiger partial charge in [0.1, 0.15) is 0 Å². The van der Waals surface area contributed by atoms with Crippen LogP contribution in [-0.2, 0) is 6.42 Å². The van der Waals surface area contributed by atoms with E-state index in [1.54, 1.807) is 0 Å². The molecule has 4 atom stereocenters. The average molecular weight is 316 g/mol. The van der Waals surface area contributed by atoms with Crippen molar-refractivity contribution in [3.05, 3.63) is 35.4 Å². The SMILES string of the molecule is CC(C)(C)CC(CO)NC(=O)NCC1C2Cc3ccccc3C12. The van der Waals surface area contributed by atoms with Gasteiger partial charge in [-0.3, -0.25) is 0 Å². The van der Waals surface area contributed by atoms with Gasteiger partial charge in [0.15, 0.2) is 0 Å². The molecule has 0 heterocycles. The molecule has 3 N–H and O–H groups in total. The van der Waals surface area contributed by atoms with Crippen molar-refractivity contribution in [1.82, 2.24) is 10.6 Å². The maximum absolute atomic E-state index is 12.1. The molecule has 1 aromatic rings. The van der Waals surface area contributed by atoms with Crippen LogP contribution in [0.15, 0.2) is 24.3 Å². The lowest BCUT2D eigenvalue weighted by Gasteiger charge is -2.25. The van der Waals surface area contributed by atoms with Gasteiger partial charge in [-0.15, -0.1) is 0 Å². The fourth-order valence-electron chi connectivity index (χ4n) is 4.11. The Morgan fingerprint density at radius 3 is 2.78 bits per heavy atom. The topological polar surface area (TPSA) is 61.4 Å². The fourth-order valence-corrected chi connectivity index (χ4v) is 4.11. The molecule has 0 aromatic heterocycles. The number of aliphatic hydroxyl groups is 1. The third kappa shape index (κ3) is 3.69. The molecule has 4 unspecified atom stereocenters. The van der Waals surface area contributed by atoms with E-state index < -0.39 is 0 Å². The van der Waals surface area contributed by atoms with E-state index in [9.17, 15) is 9.90 Å². The molecule has 0 aliphatic heterocycles. The Morgan fingerprint density at radius 1 is 1.35 bits per heavy atom. The van der Waals surface area contributed by atoms with E-state index >= 15 is 0 Å². The van der Waals surface area contributed by atoms with Crippen molar-refractivity contribution in [2.24, 2.45) is 17.3 Å². The molecule has 1 fully saturated rings. The van der Waals surface area contributed by atoms with Gasteiger partial charge in [-0.25, -0.2) is 4.79 Å². The largest absolute Gasteiger partial charge is 0.394 e. The minimum absolute atomic E-state index is 0.0211. The van der Waals surface area contributed by atoms with Gasteiger partial charge in [-0.1, -0.05) is 45.0 Å². The molecular weight excluding hydrogens is 288 g/mol. The monoisotopic (exact) mass is 316 g/mol. The highest BCUT2D eigenvalue weighted by atomic mass is 16.3. The Balaban J connectivity index is 1.45. The summed E-state index contributed by atoms with van der Waals surface area (Å²) in [6.45, 7) is 7.03. The number of fused-ring (bicyclic) bond motifs is 3. The molecule has 126 valence electrons. The number of benzene rings is 1. The molecule has 0 spiro atoms. The van der Waals surface area contributed by atoms with Gasteiger partial charge in [0.25, 0.3) is 0 Å². The van der Waals surface area contributed by atoms with Crippen molar-refractivity contribution in [2.75, 3.05) is 13.2 Å². The summed E-state index contributed by atoms with van der Waals surface area (Å²) in [6.07, 6.45) is 1.91. The molecule has 3 rings (SSSR count). The molecule has 2 aliphatic rings. The zero-order chi connectivity index (χ0) is 16.6. The summed E-state index contributed by atoms with van der Waals surface area (Å²) in [5.41, 5.74) is 3.04. The van der Waals surface area contributed by atoms with Gasteiger partial charge in [0, 0.05) is 6.54 Å². The summed E-state index contributed by atoms with van der Waals surface area (Å²) in [5.74, 6) is 1.91. The van der Waals surface area contributed by atoms with Crippen LogP contribution in [-0.4, -0.2) is 30.3 Å². The zero-order valence-corrected chi connectivity index (χ0v) is 14.3. The Hall–Kier alpha value is -1.55. The van der Waals surface area contributed by atoms with Crippen molar-refractivity contribution < 1.29 is 9.90 Å². The average Bonchev–Trinajstić information content (AvgIpc) is 3.02. The number of rotatable bonds is 5. The summed E-state index contributed by atoms with van der Waals surface area (Å²) < 4.78 is 0. The minimum atomic E-state index is -0.186. The summed E-state index contributed by atoms with van der Waals surface area (Å²) in [6, 6.07) is 8.31. The number of nitrogens with one attached hydrogen (secondary N) is 2. The summed E-state index contributed by atoms with van der Waals surface area (Å²) in [4.78, 5) is 12.1. The van der Waals surface area contributed by atoms with Crippen LogP contribution in [0.3, 0.4) is 0 Å². The fraction of sp³-hybridized carbons (Fsp3) is 0.632. The van der Waals surface area contributed by atoms with E-state index in [-0.39, 0.29) is 24.1 Å². The summed E-state index contributed by atoms with van der Waals surface area (Å²) in [5, 5.41) is 15.3. The summed E-state index contributed by atoms with van der Waals surface area (Å²) in [7, 11) is 0. The Morgan fingerprint density at radius 2 is 2.09 bits per heavy atom. The molecule has 4 heteroatoms. The van der Waals surface area contributed by atoms with Crippen LogP contribution < -0.4 is 10.6 Å². The first-order valence-electron chi connectivity index (χ1n) is 8.62. The predicted molar refractivity (Wildman–Crippen MR) is 91.3 cm³/mol. The van der Waals surface area contributed by atoms with E-state index in [1.165, 1.54) is 11.1 Å². The lowest BCUT2D eigenvalue weighted by Crippen LogP contribution is -2.46. The molecule has 2 amide bonds. The number of urea groups is 1. The lowest BCUT2D eigenvalue weighted by atomic mass is 9.88. The van der Waals surface area contributed by atoms with E-state index in [1.807, 2.05) is 0 Å². The second-order valence-corrected chi connectivity index (χ2v) is 8.26. The van der Waals surface area contributed by atoms with E-state index in [0.29, 0.717) is 17.8 Å². The van der Waals surface area contributed by atoms with Gasteiger partial charge in [-0.2, -0.15) is 0 Å². The van der Waals surface area contributed by atoms with Gasteiger partial charge in [0.2, 0.25) is 0 Å². The molecule has 1 saturated carbocycles. The number of hydrogen-bond donors (Lipinski definition) is 3. The smallest absolute Gasteiger partial charge is 0.315 e. The molecule has 2 aliphatic carbocycles. The van der Waals surface area contributed by atoms with Crippen LogP contribution in [0.5, 0.6) is 0 Å². The number of hydrogen-bond acceptors (Lipinski definition) is 2. The molecule has 0 saturated heterocycles. The van der Waals surface area contributed by atoms with Crippen molar-refractivity contribution in [3.63, 3.8) is 0 Å². The van der Waals surface area contributed by atoms with Crippen LogP contribution in [0.1, 0.15) is 44.2 Å². The maximum Gasteiger partial charge on any atom is 0.315 e. The van der Waals surface area contributed by atoms with E-state index in [2.05, 4.69) is 55.7 Å². The van der Waals surface area contributed by atoms with E-state index in [4.69, 9.17) is 0 Å². The molecule has 0 bridgehead atoms. The highest BCUT2D eigenvalue weighted by Crippen LogP contribution is 2.60. The molecule has 0 radical (unpaired) electrons. The van der Waals surface area contributed by atoms with Crippen LogP contribution in [0.2, 0.25) is 0 Å². The van der Waals surface area contributed by atoms with Gasteiger partial charge in [0.05, 0.1) is 12.6 Å². The van der Waals surface area contributed by atoms with Gasteiger partial charge >= 0.3 is 6.03 Å². The minimum Gasteiger partial charge on any atom is -0.394 e. The quantitative estimate of drug-likeness (QED) is 0.782.